The molecule has 104 valence electrons. The summed E-state index contributed by atoms with van der Waals surface area (Å²) in [4.78, 5) is 11.2. The third-order valence-corrected chi connectivity index (χ3v) is 3.70. The molecule has 1 aliphatic rings. The Hall–Kier alpha value is -1.69. The van der Waals surface area contributed by atoms with Crippen LogP contribution in [-0.4, -0.2) is 41.5 Å². The number of hydrogen-bond donors (Lipinski definition) is 2. The summed E-state index contributed by atoms with van der Waals surface area (Å²) < 4.78 is 4.56. The van der Waals surface area contributed by atoms with E-state index in [0.717, 1.165) is 25.7 Å². The summed E-state index contributed by atoms with van der Waals surface area (Å²) >= 11 is 0. The van der Waals surface area contributed by atoms with Gasteiger partial charge in [-0.3, -0.25) is 0 Å². The van der Waals surface area contributed by atoms with E-state index in [-0.39, 0.29) is 17.7 Å². The number of nitrogens with zero attached hydrogens (tertiary/aromatic N) is 2. The molecule has 0 spiro atoms. The first-order valence-electron chi connectivity index (χ1n) is 6.46. The van der Waals surface area contributed by atoms with Gasteiger partial charge in [-0.05, 0) is 25.0 Å². The van der Waals surface area contributed by atoms with Crippen molar-refractivity contribution in [2.75, 3.05) is 25.6 Å². The van der Waals surface area contributed by atoms with Crippen LogP contribution < -0.4 is 5.32 Å². The Morgan fingerprint density at radius 2 is 2.16 bits per heavy atom. The lowest BCUT2D eigenvalue weighted by atomic mass is 9.87. The van der Waals surface area contributed by atoms with Crippen molar-refractivity contribution in [3.8, 4) is 0 Å². The zero-order valence-corrected chi connectivity index (χ0v) is 11.1. The fourth-order valence-corrected chi connectivity index (χ4v) is 2.43. The summed E-state index contributed by atoms with van der Waals surface area (Å²) in [5.74, 6) is 0.106. The molecule has 1 saturated carbocycles. The molecule has 1 aliphatic carbocycles. The van der Waals surface area contributed by atoms with E-state index in [0.29, 0.717) is 12.4 Å². The maximum absolute atomic E-state index is 11.2. The average Bonchev–Trinajstić information content (AvgIpc) is 2.94. The van der Waals surface area contributed by atoms with Crippen LogP contribution in [0.15, 0.2) is 12.1 Å². The molecule has 0 radical (unpaired) electrons. The van der Waals surface area contributed by atoms with Crippen molar-refractivity contribution >= 4 is 11.8 Å². The number of rotatable bonds is 5. The van der Waals surface area contributed by atoms with Crippen LogP contribution in [0.3, 0.4) is 0 Å². The number of anilines is 1. The maximum Gasteiger partial charge on any atom is 0.358 e. The van der Waals surface area contributed by atoms with Crippen LogP contribution in [0.2, 0.25) is 0 Å². The van der Waals surface area contributed by atoms with Crippen molar-refractivity contribution in [3.63, 3.8) is 0 Å². The molecule has 6 nitrogen and oxygen atoms in total. The Morgan fingerprint density at radius 1 is 1.42 bits per heavy atom. The molecular weight excluding hydrogens is 246 g/mol. The van der Waals surface area contributed by atoms with E-state index >= 15 is 0 Å². The number of esters is 1. The van der Waals surface area contributed by atoms with Gasteiger partial charge in [-0.15, -0.1) is 10.2 Å². The first kappa shape index (κ1) is 13.7. The highest BCUT2D eigenvalue weighted by Crippen LogP contribution is 2.37. The number of methoxy groups -OCH3 is 1. The van der Waals surface area contributed by atoms with Crippen LogP contribution in [0, 0.1) is 5.41 Å². The minimum Gasteiger partial charge on any atom is -0.464 e. The van der Waals surface area contributed by atoms with Crippen LogP contribution in [0.4, 0.5) is 5.82 Å². The first-order chi connectivity index (χ1) is 9.19. The molecule has 6 heteroatoms. The maximum atomic E-state index is 11.2. The van der Waals surface area contributed by atoms with Crippen LogP contribution in [0.1, 0.15) is 36.2 Å². The molecule has 2 rings (SSSR count). The number of carbonyl (C=O) groups is 1. The van der Waals surface area contributed by atoms with Gasteiger partial charge in [-0.1, -0.05) is 12.8 Å². The Bertz CT molecular complexity index is 427. The number of aromatic nitrogens is 2. The van der Waals surface area contributed by atoms with E-state index in [1.54, 1.807) is 12.1 Å². The number of aliphatic hydroxyl groups is 1. The number of aliphatic hydroxyl groups excluding tert-OH is 1. The van der Waals surface area contributed by atoms with Gasteiger partial charge in [0, 0.05) is 12.0 Å². The summed E-state index contributed by atoms with van der Waals surface area (Å²) in [6, 6.07) is 3.26. The molecule has 0 amide bonds. The summed E-state index contributed by atoms with van der Waals surface area (Å²) in [5.41, 5.74) is 0.147. The smallest absolute Gasteiger partial charge is 0.358 e. The molecule has 2 N–H and O–H groups in total. The van der Waals surface area contributed by atoms with Gasteiger partial charge < -0.3 is 15.2 Å². The number of nitrogens with one attached hydrogen (secondary N) is 1. The predicted molar refractivity (Wildman–Crippen MR) is 69.8 cm³/mol. The second-order valence-electron chi connectivity index (χ2n) is 5.01. The molecule has 0 aromatic carbocycles. The molecule has 0 atom stereocenters. The van der Waals surface area contributed by atoms with E-state index in [9.17, 15) is 9.90 Å². The van der Waals surface area contributed by atoms with Crippen molar-refractivity contribution in [2.24, 2.45) is 5.41 Å². The van der Waals surface area contributed by atoms with Crippen LogP contribution >= 0.6 is 0 Å². The zero-order valence-electron chi connectivity index (χ0n) is 11.1. The molecule has 1 aromatic heterocycles. The number of ether oxygens (including phenoxy) is 1. The summed E-state index contributed by atoms with van der Waals surface area (Å²) in [6.45, 7) is 0.865. The van der Waals surface area contributed by atoms with Crippen LogP contribution in [0.25, 0.3) is 0 Å². The normalized spacial score (nSPS) is 17.2. The molecule has 0 bridgehead atoms. The molecule has 1 aromatic rings. The molecule has 0 unspecified atom stereocenters. The molecule has 1 fully saturated rings. The molecule has 1 heterocycles. The number of hydrogen-bond acceptors (Lipinski definition) is 6. The largest absolute Gasteiger partial charge is 0.464 e. The molecule has 19 heavy (non-hydrogen) atoms. The van der Waals surface area contributed by atoms with Gasteiger partial charge >= 0.3 is 5.97 Å². The lowest BCUT2D eigenvalue weighted by molar-refractivity contribution is 0.0593. The Balaban J connectivity index is 1.94. The van der Waals surface area contributed by atoms with E-state index in [1.165, 1.54) is 7.11 Å². The third kappa shape index (κ3) is 3.20. The van der Waals surface area contributed by atoms with Gasteiger partial charge in [0.2, 0.25) is 0 Å². The second kappa shape index (κ2) is 5.97. The summed E-state index contributed by atoms with van der Waals surface area (Å²) in [6.07, 6.45) is 4.39. The third-order valence-electron chi connectivity index (χ3n) is 3.70. The quantitative estimate of drug-likeness (QED) is 0.779. The van der Waals surface area contributed by atoms with E-state index in [2.05, 4.69) is 20.3 Å². The fraction of sp³-hybridized carbons (Fsp3) is 0.615. The van der Waals surface area contributed by atoms with Gasteiger partial charge in [0.1, 0.15) is 5.82 Å². The van der Waals surface area contributed by atoms with Crippen LogP contribution in [-0.2, 0) is 4.74 Å². The highest BCUT2D eigenvalue weighted by molar-refractivity contribution is 5.86. The van der Waals surface area contributed by atoms with Crippen molar-refractivity contribution in [3.05, 3.63) is 17.8 Å². The lowest BCUT2D eigenvalue weighted by Crippen LogP contribution is -2.30. The highest BCUT2D eigenvalue weighted by Gasteiger charge is 2.32. The monoisotopic (exact) mass is 265 g/mol. The van der Waals surface area contributed by atoms with Crippen molar-refractivity contribution in [1.82, 2.24) is 10.2 Å². The van der Waals surface area contributed by atoms with Crippen molar-refractivity contribution in [1.29, 1.82) is 0 Å². The Morgan fingerprint density at radius 3 is 2.68 bits per heavy atom. The lowest BCUT2D eigenvalue weighted by Gasteiger charge is -2.26. The van der Waals surface area contributed by atoms with Crippen LogP contribution in [0.5, 0.6) is 0 Å². The minimum absolute atomic E-state index is 0.0390. The first-order valence-corrected chi connectivity index (χ1v) is 6.46. The minimum atomic E-state index is -0.498. The van der Waals surface area contributed by atoms with Crippen molar-refractivity contribution < 1.29 is 14.6 Å². The number of carbonyl (C=O) groups excluding carboxylic acids is 1. The zero-order chi connectivity index (χ0) is 13.7. The Kier molecular flexibility index (Phi) is 4.31. The van der Waals surface area contributed by atoms with Gasteiger partial charge in [0.15, 0.2) is 5.69 Å². The molecular formula is C13H19N3O3. The Labute approximate surface area is 112 Å². The standard InChI is InChI=1S/C13H19N3O3/c1-19-12(18)10-4-5-11(16-15-10)14-8-13(9-17)6-2-3-7-13/h4-5,17H,2-3,6-9H2,1H3,(H,14,16). The van der Waals surface area contributed by atoms with Gasteiger partial charge in [-0.2, -0.15) is 0 Å². The fourth-order valence-electron chi connectivity index (χ4n) is 2.43. The highest BCUT2D eigenvalue weighted by atomic mass is 16.5. The van der Waals surface area contributed by atoms with Gasteiger partial charge in [0.05, 0.1) is 13.7 Å². The van der Waals surface area contributed by atoms with E-state index in [1.807, 2.05) is 0 Å². The summed E-state index contributed by atoms with van der Waals surface area (Å²) in [7, 11) is 1.31. The van der Waals surface area contributed by atoms with Gasteiger partial charge in [0.25, 0.3) is 0 Å². The predicted octanol–water partition coefficient (Wildman–Crippen LogP) is 1.23. The molecule has 0 saturated heterocycles. The average molecular weight is 265 g/mol. The summed E-state index contributed by atoms with van der Waals surface area (Å²) in [5, 5.41) is 20.4. The van der Waals surface area contributed by atoms with E-state index in [4.69, 9.17) is 0 Å². The SMILES string of the molecule is COC(=O)c1ccc(NCC2(CO)CCCC2)nn1. The molecule has 0 aliphatic heterocycles. The second-order valence-corrected chi connectivity index (χ2v) is 5.01. The van der Waals surface area contributed by atoms with Gasteiger partial charge in [-0.25, -0.2) is 4.79 Å². The van der Waals surface area contributed by atoms with E-state index < -0.39 is 5.97 Å². The topological polar surface area (TPSA) is 84.3 Å². The van der Waals surface area contributed by atoms with Crippen molar-refractivity contribution in [2.45, 2.75) is 25.7 Å².